The molecule has 0 spiro atoms. The fraction of sp³-hybridized carbons (Fsp3) is 0.167. The third kappa shape index (κ3) is 4.41. The number of para-hydroxylation sites is 2. The van der Waals surface area contributed by atoms with E-state index in [2.05, 4.69) is 5.32 Å². The summed E-state index contributed by atoms with van der Waals surface area (Å²) in [5.74, 6) is -2.25. The molecule has 6 nitrogen and oxygen atoms in total. The molecular formula is C18H17FN2O4. The van der Waals surface area contributed by atoms with Gasteiger partial charge in [0.2, 0.25) is 11.8 Å². The first-order valence-corrected chi connectivity index (χ1v) is 7.44. The van der Waals surface area contributed by atoms with E-state index in [0.29, 0.717) is 0 Å². The van der Waals surface area contributed by atoms with Gasteiger partial charge in [-0.15, -0.1) is 0 Å². The second kappa shape index (κ2) is 8.05. The predicted molar refractivity (Wildman–Crippen MR) is 90.8 cm³/mol. The first kappa shape index (κ1) is 18.1. The van der Waals surface area contributed by atoms with Crippen molar-refractivity contribution in [2.24, 2.45) is 0 Å². The maximum Gasteiger partial charge on any atom is 0.339 e. The van der Waals surface area contributed by atoms with Crippen LogP contribution in [0.15, 0.2) is 48.5 Å². The van der Waals surface area contributed by atoms with E-state index >= 15 is 0 Å². The number of anilines is 2. The van der Waals surface area contributed by atoms with Crippen LogP contribution in [-0.2, 0) is 14.3 Å². The summed E-state index contributed by atoms with van der Waals surface area (Å²) in [5, 5.41) is 2.40. The summed E-state index contributed by atoms with van der Waals surface area (Å²) in [6, 6.07) is 12.0. The lowest BCUT2D eigenvalue weighted by molar-refractivity contribution is -0.120. The zero-order chi connectivity index (χ0) is 18.4. The Kier molecular flexibility index (Phi) is 5.84. The lowest BCUT2D eigenvalue weighted by Gasteiger charge is -2.22. The van der Waals surface area contributed by atoms with E-state index in [1.54, 1.807) is 18.2 Å². The predicted octanol–water partition coefficient (Wildman–Crippen LogP) is 2.60. The van der Waals surface area contributed by atoms with Gasteiger partial charge >= 0.3 is 5.97 Å². The van der Waals surface area contributed by atoms with Crippen LogP contribution >= 0.6 is 0 Å². The van der Waals surface area contributed by atoms with Gasteiger partial charge in [0, 0.05) is 6.92 Å². The molecule has 7 heteroatoms. The van der Waals surface area contributed by atoms with Crippen molar-refractivity contribution in [1.82, 2.24) is 0 Å². The fourth-order valence-electron chi connectivity index (χ4n) is 2.25. The summed E-state index contributed by atoms with van der Waals surface area (Å²) in [4.78, 5) is 37.2. The molecule has 0 unspecified atom stereocenters. The fourth-order valence-corrected chi connectivity index (χ4v) is 2.25. The second-order valence-electron chi connectivity index (χ2n) is 5.14. The van der Waals surface area contributed by atoms with Gasteiger partial charge in [-0.3, -0.25) is 9.59 Å². The number of carbonyl (C=O) groups excluding carboxylic acids is 3. The third-order valence-corrected chi connectivity index (χ3v) is 3.43. The highest BCUT2D eigenvalue weighted by molar-refractivity contribution is 6.06. The van der Waals surface area contributed by atoms with Gasteiger partial charge in [-0.2, -0.15) is 0 Å². The standard InChI is InChI=1S/C18H17FN2O4/c1-12(22)21(16-10-6-3-7-13(16)18(24)25-2)11-17(23)20-15-9-5-4-8-14(15)19/h3-10H,11H2,1-2H3,(H,20,23). The van der Waals surface area contributed by atoms with Crippen molar-refractivity contribution in [2.75, 3.05) is 23.9 Å². The van der Waals surface area contributed by atoms with E-state index in [-0.39, 0.29) is 23.5 Å². The average molecular weight is 344 g/mol. The normalized spacial score (nSPS) is 10.0. The van der Waals surface area contributed by atoms with Gasteiger partial charge in [0.25, 0.3) is 0 Å². The minimum Gasteiger partial charge on any atom is -0.465 e. The Morgan fingerprint density at radius 3 is 2.36 bits per heavy atom. The van der Waals surface area contributed by atoms with Crippen molar-refractivity contribution < 1.29 is 23.5 Å². The summed E-state index contributed by atoms with van der Waals surface area (Å²) < 4.78 is 18.3. The maximum absolute atomic E-state index is 13.6. The van der Waals surface area contributed by atoms with Crippen LogP contribution in [0.1, 0.15) is 17.3 Å². The van der Waals surface area contributed by atoms with Gasteiger partial charge in [-0.1, -0.05) is 24.3 Å². The number of carbonyl (C=O) groups is 3. The van der Waals surface area contributed by atoms with Gasteiger partial charge < -0.3 is 15.0 Å². The highest BCUT2D eigenvalue weighted by Gasteiger charge is 2.22. The molecule has 130 valence electrons. The van der Waals surface area contributed by atoms with Crippen LogP contribution in [-0.4, -0.2) is 31.4 Å². The first-order chi connectivity index (χ1) is 11.9. The van der Waals surface area contributed by atoms with Crippen LogP contribution in [0.3, 0.4) is 0 Å². The number of nitrogens with one attached hydrogen (secondary N) is 1. The molecule has 0 aliphatic rings. The van der Waals surface area contributed by atoms with Gasteiger partial charge in [0.1, 0.15) is 12.4 Å². The largest absolute Gasteiger partial charge is 0.465 e. The SMILES string of the molecule is COC(=O)c1ccccc1N(CC(=O)Nc1ccccc1F)C(C)=O. The molecule has 0 aliphatic carbocycles. The van der Waals surface area contributed by atoms with E-state index in [4.69, 9.17) is 4.74 Å². The molecule has 0 saturated carbocycles. The van der Waals surface area contributed by atoms with Crippen molar-refractivity contribution in [3.05, 3.63) is 59.9 Å². The Morgan fingerprint density at radius 1 is 1.08 bits per heavy atom. The van der Waals surface area contributed by atoms with Crippen LogP contribution in [0.5, 0.6) is 0 Å². The summed E-state index contributed by atoms with van der Waals surface area (Å²) in [6.45, 7) is 0.891. The molecule has 0 aromatic heterocycles. The average Bonchev–Trinajstić information content (AvgIpc) is 2.61. The van der Waals surface area contributed by atoms with E-state index in [0.717, 1.165) is 4.90 Å². The molecule has 0 bridgehead atoms. The van der Waals surface area contributed by atoms with Crippen LogP contribution in [0.25, 0.3) is 0 Å². The molecule has 0 saturated heterocycles. The third-order valence-electron chi connectivity index (χ3n) is 3.43. The smallest absolute Gasteiger partial charge is 0.339 e. The maximum atomic E-state index is 13.6. The number of ether oxygens (including phenoxy) is 1. The molecular weight excluding hydrogens is 327 g/mol. The summed E-state index contributed by atoms with van der Waals surface area (Å²) in [7, 11) is 1.22. The summed E-state index contributed by atoms with van der Waals surface area (Å²) >= 11 is 0. The number of esters is 1. The Balaban J connectivity index is 2.25. The van der Waals surface area contributed by atoms with Crippen molar-refractivity contribution in [3.63, 3.8) is 0 Å². The van der Waals surface area contributed by atoms with Crippen LogP contribution in [0, 0.1) is 5.82 Å². The Labute approximate surface area is 144 Å². The van der Waals surface area contributed by atoms with E-state index in [9.17, 15) is 18.8 Å². The lowest BCUT2D eigenvalue weighted by Crippen LogP contribution is -2.37. The minimum absolute atomic E-state index is 0.0113. The monoisotopic (exact) mass is 344 g/mol. The quantitative estimate of drug-likeness (QED) is 0.846. The van der Waals surface area contributed by atoms with Crippen LogP contribution < -0.4 is 10.2 Å². The number of halogens is 1. The Morgan fingerprint density at radius 2 is 1.72 bits per heavy atom. The highest BCUT2D eigenvalue weighted by Crippen LogP contribution is 2.22. The zero-order valence-corrected chi connectivity index (χ0v) is 13.8. The topological polar surface area (TPSA) is 75.7 Å². The number of benzene rings is 2. The molecule has 2 aromatic rings. The van der Waals surface area contributed by atoms with Crippen LogP contribution in [0.4, 0.5) is 15.8 Å². The molecule has 0 heterocycles. The summed E-state index contributed by atoms with van der Waals surface area (Å²) in [6.07, 6.45) is 0. The van der Waals surface area contributed by atoms with E-state index in [1.165, 1.54) is 44.4 Å². The summed E-state index contributed by atoms with van der Waals surface area (Å²) in [5.41, 5.74) is 0.404. The first-order valence-electron chi connectivity index (χ1n) is 7.44. The number of methoxy groups -OCH3 is 1. The molecule has 0 radical (unpaired) electrons. The van der Waals surface area contributed by atoms with Crippen LogP contribution in [0.2, 0.25) is 0 Å². The van der Waals surface area contributed by atoms with Gasteiger partial charge in [-0.25, -0.2) is 9.18 Å². The van der Waals surface area contributed by atoms with E-state index < -0.39 is 23.6 Å². The molecule has 0 aliphatic heterocycles. The Bertz CT molecular complexity index is 807. The number of hydrogen-bond donors (Lipinski definition) is 1. The highest BCUT2D eigenvalue weighted by atomic mass is 19.1. The van der Waals surface area contributed by atoms with Gasteiger partial charge in [0.05, 0.1) is 24.0 Å². The molecule has 2 amide bonds. The van der Waals surface area contributed by atoms with Crippen molar-refractivity contribution in [2.45, 2.75) is 6.92 Å². The van der Waals surface area contributed by atoms with Gasteiger partial charge in [0.15, 0.2) is 0 Å². The van der Waals surface area contributed by atoms with Crippen molar-refractivity contribution in [3.8, 4) is 0 Å². The number of amides is 2. The second-order valence-corrected chi connectivity index (χ2v) is 5.14. The molecule has 25 heavy (non-hydrogen) atoms. The molecule has 1 N–H and O–H groups in total. The zero-order valence-electron chi connectivity index (χ0n) is 13.8. The molecule has 2 aromatic carbocycles. The van der Waals surface area contributed by atoms with Crippen molar-refractivity contribution >= 4 is 29.2 Å². The minimum atomic E-state index is -0.628. The number of nitrogens with zero attached hydrogens (tertiary/aromatic N) is 1. The van der Waals surface area contributed by atoms with Gasteiger partial charge in [-0.05, 0) is 24.3 Å². The molecule has 2 rings (SSSR count). The van der Waals surface area contributed by atoms with Crippen molar-refractivity contribution in [1.29, 1.82) is 0 Å². The Hall–Kier alpha value is -3.22. The number of rotatable bonds is 5. The molecule has 0 atom stereocenters. The molecule has 0 fully saturated rings. The number of hydrogen-bond acceptors (Lipinski definition) is 4. The van der Waals surface area contributed by atoms with E-state index in [1.807, 2.05) is 0 Å². The lowest BCUT2D eigenvalue weighted by atomic mass is 10.1.